The summed E-state index contributed by atoms with van der Waals surface area (Å²) >= 11 is 5.64. The number of nitrogens with one attached hydrogen (secondary N) is 1. The van der Waals surface area contributed by atoms with Crippen LogP contribution in [0.15, 0.2) is 48.5 Å². The van der Waals surface area contributed by atoms with Gasteiger partial charge >= 0.3 is 0 Å². The van der Waals surface area contributed by atoms with Crippen LogP contribution in [-0.4, -0.2) is 28.5 Å². The summed E-state index contributed by atoms with van der Waals surface area (Å²) in [6.07, 6.45) is 0. The molecule has 0 aliphatic rings. The van der Waals surface area contributed by atoms with E-state index in [1.165, 1.54) is 17.0 Å². The van der Waals surface area contributed by atoms with Crippen LogP contribution in [0.5, 0.6) is 5.75 Å². The Kier molecular flexibility index (Phi) is 6.03. The zero-order valence-electron chi connectivity index (χ0n) is 15.8. The summed E-state index contributed by atoms with van der Waals surface area (Å²) in [5, 5.41) is 4.76. The third-order valence-corrected chi connectivity index (χ3v) is 4.86. The lowest BCUT2D eigenvalue weighted by atomic mass is 10.2. The zero-order valence-corrected chi connectivity index (χ0v) is 16.6. The summed E-state index contributed by atoms with van der Waals surface area (Å²) in [7, 11) is 3.72. The molecule has 0 fully saturated rings. The SMILES string of the molecule is CCn1c(-c2ccc(OC)cc2)nn(C[NH+](C)Cc2ccc(F)cc2)c1=S. The highest BCUT2D eigenvalue weighted by atomic mass is 32.1. The van der Waals surface area contributed by atoms with Gasteiger partial charge in [0.05, 0.1) is 14.2 Å². The van der Waals surface area contributed by atoms with Gasteiger partial charge in [0.1, 0.15) is 18.1 Å². The van der Waals surface area contributed by atoms with Crippen molar-refractivity contribution in [2.45, 2.75) is 26.7 Å². The molecule has 1 unspecified atom stereocenters. The molecular weight excluding hydrogens is 363 g/mol. The molecule has 1 N–H and O–H groups in total. The van der Waals surface area contributed by atoms with E-state index in [0.29, 0.717) is 11.4 Å². The van der Waals surface area contributed by atoms with Crippen molar-refractivity contribution < 1.29 is 14.0 Å². The zero-order chi connectivity index (χ0) is 19.4. The number of hydrogen-bond donors (Lipinski definition) is 1. The number of hydrogen-bond acceptors (Lipinski definition) is 3. The molecule has 142 valence electrons. The Balaban J connectivity index is 1.82. The van der Waals surface area contributed by atoms with Gasteiger partial charge in [-0.15, -0.1) is 5.10 Å². The van der Waals surface area contributed by atoms with Crippen LogP contribution in [0.4, 0.5) is 4.39 Å². The van der Waals surface area contributed by atoms with Gasteiger partial charge in [0.2, 0.25) is 4.77 Å². The topological polar surface area (TPSA) is 36.4 Å². The molecule has 27 heavy (non-hydrogen) atoms. The van der Waals surface area contributed by atoms with Gasteiger partial charge in [-0.05, 0) is 55.5 Å². The number of rotatable bonds is 7. The lowest BCUT2D eigenvalue weighted by Crippen LogP contribution is -3.07. The molecule has 1 atom stereocenters. The summed E-state index contributed by atoms with van der Waals surface area (Å²) in [6.45, 7) is 4.20. The first-order chi connectivity index (χ1) is 13.0. The number of ether oxygens (including phenoxy) is 1. The summed E-state index contributed by atoms with van der Waals surface area (Å²) in [5.41, 5.74) is 2.07. The number of benzene rings is 2. The largest absolute Gasteiger partial charge is 0.497 e. The van der Waals surface area contributed by atoms with E-state index in [1.807, 2.05) is 45.6 Å². The maximum atomic E-state index is 13.1. The molecule has 1 heterocycles. The van der Waals surface area contributed by atoms with Gasteiger partial charge in [-0.25, -0.2) is 4.39 Å². The van der Waals surface area contributed by atoms with Crippen molar-refractivity contribution in [3.63, 3.8) is 0 Å². The maximum absolute atomic E-state index is 13.1. The monoisotopic (exact) mass is 387 g/mol. The Bertz CT molecular complexity index is 948. The average Bonchev–Trinajstić information content (AvgIpc) is 2.99. The van der Waals surface area contributed by atoms with Crippen molar-refractivity contribution in [1.29, 1.82) is 0 Å². The first-order valence-electron chi connectivity index (χ1n) is 8.89. The number of aromatic nitrogens is 3. The highest BCUT2D eigenvalue weighted by Crippen LogP contribution is 2.21. The van der Waals surface area contributed by atoms with Crippen molar-refractivity contribution in [1.82, 2.24) is 14.3 Å². The molecule has 0 bridgehead atoms. The molecule has 0 saturated heterocycles. The molecule has 5 nitrogen and oxygen atoms in total. The van der Waals surface area contributed by atoms with Gasteiger partial charge in [-0.2, -0.15) is 4.68 Å². The third kappa shape index (κ3) is 4.43. The first-order valence-corrected chi connectivity index (χ1v) is 9.30. The second-order valence-electron chi connectivity index (χ2n) is 6.50. The Hall–Kier alpha value is -2.51. The van der Waals surface area contributed by atoms with Crippen LogP contribution in [0, 0.1) is 10.6 Å². The summed E-state index contributed by atoms with van der Waals surface area (Å²) < 4.78 is 22.9. The van der Waals surface area contributed by atoms with E-state index in [-0.39, 0.29) is 5.82 Å². The van der Waals surface area contributed by atoms with Crippen LogP contribution in [0.3, 0.4) is 0 Å². The van der Waals surface area contributed by atoms with Crippen molar-refractivity contribution in [3.05, 3.63) is 64.7 Å². The number of methoxy groups -OCH3 is 1. The fraction of sp³-hybridized carbons (Fsp3) is 0.300. The van der Waals surface area contributed by atoms with Gasteiger partial charge in [-0.1, -0.05) is 12.1 Å². The van der Waals surface area contributed by atoms with E-state index in [9.17, 15) is 4.39 Å². The van der Waals surface area contributed by atoms with E-state index in [0.717, 1.165) is 35.8 Å². The quantitative estimate of drug-likeness (QED) is 0.634. The lowest BCUT2D eigenvalue weighted by Gasteiger charge is -2.13. The van der Waals surface area contributed by atoms with Crippen molar-refractivity contribution in [2.75, 3.05) is 14.2 Å². The summed E-state index contributed by atoms with van der Waals surface area (Å²) in [5.74, 6) is 1.44. The Morgan fingerprint density at radius 3 is 2.37 bits per heavy atom. The molecule has 3 rings (SSSR count). The van der Waals surface area contributed by atoms with Crippen LogP contribution in [0.25, 0.3) is 11.4 Å². The minimum absolute atomic E-state index is 0.218. The van der Waals surface area contributed by atoms with Gasteiger partial charge in [0.15, 0.2) is 12.5 Å². The highest BCUT2D eigenvalue weighted by molar-refractivity contribution is 7.71. The van der Waals surface area contributed by atoms with E-state index in [4.69, 9.17) is 22.1 Å². The average molecular weight is 388 g/mol. The van der Waals surface area contributed by atoms with E-state index in [1.54, 1.807) is 7.11 Å². The third-order valence-electron chi connectivity index (χ3n) is 4.43. The fourth-order valence-corrected chi connectivity index (χ4v) is 3.37. The Morgan fingerprint density at radius 2 is 1.78 bits per heavy atom. The molecule has 0 saturated carbocycles. The second kappa shape index (κ2) is 8.45. The molecular formula is C20H24FN4OS+. The van der Waals surface area contributed by atoms with Gasteiger partial charge < -0.3 is 14.2 Å². The van der Waals surface area contributed by atoms with Crippen LogP contribution in [0.2, 0.25) is 0 Å². The van der Waals surface area contributed by atoms with E-state index < -0.39 is 0 Å². The van der Waals surface area contributed by atoms with Gasteiger partial charge in [0, 0.05) is 17.7 Å². The van der Waals surface area contributed by atoms with Crippen molar-refractivity contribution in [2.24, 2.45) is 0 Å². The molecule has 0 spiro atoms. The molecule has 0 amide bonds. The molecule has 0 aliphatic carbocycles. The predicted molar refractivity (Wildman–Crippen MR) is 106 cm³/mol. The standard InChI is InChI=1S/C20H23FN4OS/c1-4-24-19(16-7-11-18(26-3)12-8-16)22-25(20(24)27)14-23(2)13-15-5-9-17(21)10-6-15/h5-12H,4,13-14H2,1-3H3/p+1. The van der Waals surface area contributed by atoms with E-state index >= 15 is 0 Å². The number of halogens is 1. The normalized spacial score (nSPS) is 12.1. The molecule has 1 aromatic heterocycles. The van der Waals surface area contributed by atoms with Crippen LogP contribution < -0.4 is 9.64 Å². The van der Waals surface area contributed by atoms with Crippen LogP contribution >= 0.6 is 12.2 Å². The molecule has 7 heteroatoms. The molecule has 0 radical (unpaired) electrons. The highest BCUT2D eigenvalue weighted by Gasteiger charge is 2.14. The van der Waals surface area contributed by atoms with Crippen molar-refractivity contribution >= 4 is 12.2 Å². The lowest BCUT2D eigenvalue weighted by molar-refractivity contribution is -0.917. The molecule has 0 aliphatic heterocycles. The van der Waals surface area contributed by atoms with E-state index in [2.05, 4.69) is 14.0 Å². The smallest absolute Gasteiger partial charge is 0.203 e. The first kappa shape index (κ1) is 19.3. The number of quaternary nitrogens is 1. The Morgan fingerprint density at radius 1 is 1.11 bits per heavy atom. The molecule has 2 aromatic carbocycles. The summed E-state index contributed by atoms with van der Waals surface area (Å²) in [6, 6.07) is 14.4. The maximum Gasteiger partial charge on any atom is 0.203 e. The van der Waals surface area contributed by atoms with Crippen LogP contribution in [0.1, 0.15) is 12.5 Å². The van der Waals surface area contributed by atoms with Gasteiger partial charge in [0.25, 0.3) is 0 Å². The van der Waals surface area contributed by atoms with Gasteiger partial charge in [-0.3, -0.25) is 0 Å². The Labute approximate surface area is 163 Å². The summed E-state index contributed by atoms with van der Waals surface area (Å²) in [4.78, 5) is 1.21. The number of nitrogens with zero attached hydrogens (tertiary/aromatic N) is 3. The predicted octanol–water partition coefficient (Wildman–Crippen LogP) is 2.92. The fourth-order valence-electron chi connectivity index (χ4n) is 3.04. The van der Waals surface area contributed by atoms with Crippen LogP contribution in [-0.2, 0) is 19.8 Å². The minimum Gasteiger partial charge on any atom is -0.497 e. The molecule has 3 aromatic rings. The second-order valence-corrected chi connectivity index (χ2v) is 6.86. The van der Waals surface area contributed by atoms with Crippen molar-refractivity contribution in [3.8, 4) is 17.1 Å². The minimum atomic E-state index is -0.218.